The average Bonchev–Trinajstić information content (AvgIpc) is 2.70. The van der Waals surface area contributed by atoms with E-state index in [0.717, 1.165) is 25.7 Å². The summed E-state index contributed by atoms with van der Waals surface area (Å²) in [6.07, 6.45) is 4.42. The van der Waals surface area contributed by atoms with Crippen LogP contribution in [-0.2, 0) is 0 Å². The Morgan fingerprint density at radius 1 is 1.38 bits per heavy atom. The van der Waals surface area contributed by atoms with Gasteiger partial charge in [-0.05, 0) is 37.8 Å². The molecule has 4 nitrogen and oxygen atoms in total. The van der Waals surface area contributed by atoms with Gasteiger partial charge in [-0.3, -0.25) is 0 Å². The third kappa shape index (κ3) is 2.10. The first-order valence-electron chi connectivity index (χ1n) is 5.47. The van der Waals surface area contributed by atoms with Gasteiger partial charge in [0, 0.05) is 5.69 Å². The maximum absolute atomic E-state index is 11.1. The molecule has 2 rings (SSSR count). The Morgan fingerprint density at radius 2 is 2.06 bits per heavy atom. The highest BCUT2D eigenvalue weighted by Gasteiger charge is 2.21. The fourth-order valence-electron chi connectivity index (χ4n) is 2.06. The van der Waals surface area contributed by atoms with Crippen molar-refractivity contribution in [2.75, 3.05) is 5.73 Å². The Labute approximate surface area is 94.0 Å². The molecule has 86 valence electrons. The summed E-state index contributed by atoms with van der Waals surface area (Å²) in [6, 6.07) is 4.95. The summed E-state index contributed by atoms with van der Waals surface area (Å²) < 4.78 is 5.69. The van der Waals surface area contributed by atoms with Gasteiger partial charge in [0.2, 0.25) is 0 Å². The van der Waals surface area contributed by atoms with Crippen molar-refractivity contribution < 1.29 is 14.6 Å². The van der Waals surface area contributed by atoms with Gasteiger partial charge in [-0.15, -0.1) is 0 Å². The lowest BCUT2D eigenvalue weighted by Crippen LogP contribution is -2.14. The molecule has 1 aliphatic rings. The van der Waals surface area contributed by atoms with E-state index in [1.54, 1.807) is 18.2 Å². The van der Waals surface area contributed by atoms with E-state index in [0.29, 0.717) is 5.75 Å². The molecule has 0 heterocycles. The largest absolute Gasteiger partial charge is 0.489 e. The van der Waals surface area contributed by atoms with Crippen molar-refractivity contribution in [2.45, 2.75) is 31.8 Å². The number of ether oxygens (including phenoxy) is 1. The zero-order valence-electron chi connectivity index (χ0n) is 8.98. The molecule has 16 heavy (non-hydrogen) atoms. The monoisotopic (exact) mass is 221 g/mol. The van der Waals surface area contributed by atoms with Crippen LogP contribution in [0.4, 0.5) is 5.69 Å². The van der Waals surface area contributed by atoms with Gasteiger partial charge in [0.25, 0.3) is 0 Å². The molecule has 0 atom stereocenters. The molecule has 1 aromatic rings. The average molecular weight is 221 g/mol. The van der Waals surface area contributed by atoms with Crippen LogP contribution in [0.3, 0.4) is 0 Å². The van der Waals surface area contributed by atoms with Crippen molar-refractivity contribution >= 4 is 11.7 Å². The molecule has 1 aliphatic carbocycles. The smallest absolute Gasteiger partial charge is 0.341 e. The predicted molar refractivity (Wildman–Crippen MR) is 60.7 cm³/mol. The lowest BCUT2D eigenvalue weighted by atomic mass is 10.1. The van der Waals surface area contributed by atoms with Gasteiger partial charge < -0.3 is 15.6 Å². The summed E-state index contributed by atoms with van der Waals surface area (Å²) in [5.74, 6) is -0.648. The second kappa shape index (κ2) is 4.43. The SMILES string of the molecule is Nc1cccc(OC2CCCC2)c1C(=O)O. The number of carboxylic acids is 1. The number of aromatic carboxylic acids is 1. The summed E-state index contributed by atoms with van der Waals surface area (Å²) in [6.45, 7) is 0. The van der Waals surface area contributed by atoms with E-state index in [9.17, 15) is 4.79 Å². The molecule has 0 spiro atoms. The van der Waals surface area contributed by atoms with Gasteiger partial charge >= 0.3 is 5.97 Å². The minimum atomic E-state index is -1.04. The topological polar surface area (TPSA) is 72.5 Å². The fraction of sp³-hybridized carbons (Fsp3) is 0.417. The molecule has 0 amide bonds. The van der Waals surface area contributed by atoms with E-state index in [1.807, 2.05) is 0 Å². The lowest BCUT2D eigenvalue weighted by molar-refractivity contribution is 0.0690. The van der Waals surface area contributed by atoms with Crippen molar-refractivity contribution in [1.29, 1.82) is 0 Å². The van der Waals surface area contributed by atoms with E-state index in [1.165, 1.54) is 0 Å². The van der Waals surface area contributed by atoms with Gasteiger partial charge in [0.05, 0.1) is 6.10 Å². The summed E-state index contributed by atoms with van der Waals surface area (Å²) in [4.78, 5) is 11.1. The van der Waals surface area contributed by atoms with Gasteiger partial charge in [-0.1, -0.05) is 6.07 Å². The number of rotatable bonds is 3. The number of carboxylic acid groups (broad SMARTS) is 1. The summed E-state index contributed by atoms with van der Waals surface area (Å²) >= 11 is 0. The summed E-state index contributed by atoms with van der Waals surface area (Å²) in [5, 5.41) is 9.06. The molecule has 0 bridgehead atoms. The quantitative estimate of drug-likeness (QED) is 0.768. The standard InChI is InChI=1S/C12H15NO3/c13-9-6-3-7-10(11(9)12(14)15)16-8-4-1-2-5-8/h3,6-8H,1-2,4-5,13H2,(H,14,15). The molecule has 4 heteroatoms. The van der Waals surface area contributed by atoms with Gasteiger partial charge in [0.15, 0.2) is 0 Å². The number of hydrogen-bond donors (Lipinski definition) is 2. The highest BCUT2D eigenvalue weighted by molar-refractivity contribution is 5.96. The Morgan fingerprint density at radius 3 is 2.69 bits per heavy atom. The number of benzene rings is 1. The Bertz CT molecular complexity index is 397. The molecule has 1 aromatic carbocycles. The van der Waals surface area contributed by atoms with Crippen molar-refractivity contribution in [1.82, 2.24) is 0 Å². The number of anilines is 1. The fourth-order valence-corrected chi connectivity index (χ4v) is 2.06. The first-order valence-corrected chi connectivity index (χ1v) is 5.47. The minimum Gasteiger partial charge on any atom is -0.489 e. The third-order valence-corrected chi connectivity index (χ3v) is 2.87. The predicted octanol–water partition coefficient (Wildman–Crippen LogP) is 2.29. The van der Waals surface area contributed by atoms with E-state index in [-0.39, 0.29) is 17.4 Å². The zero-order valence-corrected chi connectivity index (χ0v) is 8.98. The van der Waals surface area contributed by atoms with Crippen molar-refractivity contribution in [3.05, 3.63) is 23.8 Å². The van der Waals surface area contributed by atoms with Crippen LogP contribution in [0.2, 0.25) is 0 Å². The van der Waals surface area contributed by atoms with E-state index >= 15 is 0 Å². The zero-order chi connectivity index (χ0) is 11.5. The first kappa shape index (κ1) is 10.8. The molecule has 1 fully saturated rings. The summed E-state index contributed by atoms with van der Waals surface area (Å²) in [7, 11) is 0. The molecule has 0 unspecified atom stereocenters. The van der Waals surface area contributed by atoms with Crippen LogP contribution in [0.1, 0.15) is 36.0 Å². The van der Waals surface area contributed by atoms with Crippen LogP contribution < -0.4 is 10.5 Å². The van der Waals surface area contributed by atoms with Crippen molar-refractivity contribution in [2.24, 2.45) is 0 Å². The maximum Gasteiger partial charge on any atom is 0.341 e. The maximum atomic E-state index is 11.1. The molecule has 0 aliphatic heterocycles. The Kier molecular flexibility index (Phi) is 2.99. The van der Waals surface area contributed by atoms with Crippen LogP contribution in [0.5, 0.6) is 5.75 Å². The molecule has 1 saturated carbocycles. The van der Waals surface area contributed by atoms with Crippen LogP contribution in [0, 0.1) is 0 Å². The van der Waals surface area contributed by atoms with E-state index in [2.05, 4.69) is 0 Å². The van der Waals surface area contributed by atoms with Crippen LogP contribution in [0.25, 0.3) is 0 Å². The second-order valence-electron chi connectivity index (χ2n) is 4.05. The highest BCUT2D eigenvalue weighted by Crippen LogP contribution is 2.29. The number of nitrogen functional groups attached to an aromatic ring is 1. The molecular weight excluding hydrogens is 206 g/mol. The van der Waals surface area contributed by atoms with Gasteiger partial charge in [-0.25, -0.2) is 4.79 Å². The van der Waals surface area contributed by atoms with Crippen molar-refractivity contribution in [3.63, 3.8) is 0 Å². The molecule has 3 N–H and O–H groups in total. The second-order valence-corrected chi connectivity index (χ2v) is 4.05. The van der Waals surface area contributed by atoms with Crippen molar-refractivity contribution in [3.8, 4) is 5.75 Å². The van der Waals surface area contributed by atoms with E-state index in [4.69, 9.17) is 15.6 Å². The van der Waals surface area contributed by atoms with Gasteiger partial charge in [0.1, 0.15) is 11.3 Å². The lowest BCUT2D eigenvalue weighted by Gasteiger charge is -2.15. The van der Waals surface area contributed by atoms with E-state index < -0.39 is 5.97 Å². The minimum absolute atomic E-state index is 0.0781. The highest BCUT2D eigenvalue weighted by atomic mass is 16.5. The number of nitrogens with two attached hydrogens (primary N) is 1. The first-order chi connectivity index (χ1) is 7.68. The van der Waals surface area contributed by atoms with Crippen LogP contribution >= 0.6 is 0 Å². The molecule has 0 radical (unpaired) electrons. The Hall–Kier alpha value is -1.71. The molecule has 0 aromatic heterocycles. The number of hydrogen-bond acceptors (Lipinski definition) is 3. The van der Waals surface area contributed by atoms with Crippen LogP contribution in [0.15, 0.2) is 18.2 Å². The number of carbonyl (C=O) groups is 1. The Balaban J connectivity index is 2.25. The third-order valence-electron chi connectivity index (χ3n) is 2.87. The van der Waals surface area contributed by atoms with Crippen LogP contribution in [-0.4, -0.2) is 17.2 Å². The normalized spacial score (nSPS) is 16.2. The summed E-state index contributed by atoms with van der Waals surface area (Å²) in [5.41, 5.74) is 5.97. The molecule has 0 saturated heterocycles. The van der Waals surface area contributed by atoms with Gasteiger partial charge in [-0.2, -0.15) is 0 Å². The molecular formula is C12H15NO3.